The summed E-state index contributed by atoms with van der Waals surface area (Å²) in [6.07, 6.45) is 3.13. The Hall–Kier alpha value is -3.03. The number of aromatic nitrogens is 2. The number of methoxy groups -OCH3 is 1. The van der Waals surface area contributed by atoms with E-state index in [4.69, 9.17) is 4.74 Å². The molecule has 176 valence electrons. The molecule has 1 aliphatic rings. The van der Waals surface area contributed by atoms with Gasteiger partial charge >= 0.3 is 0 Å². The maximum absolute atomic E-state index is 12.5. The van der Waals surface area contributed by atoms with E-state index in [1.165, 1.54) is 41.3 Å². The molecule has 1 N–H and O–H groups in total. The van der Waals surface area contributed by atoms with Crippen LogP contribution in [0.4, 0.5) is 10.8 Å². The fraction of sp³-hybridized carbons (Fsp3) is 0.400. The highest BCUT2D eigenvalue weighted by atomic mass is 32.2. The summed E-state index contributed by atoms with van der Waals surface area (Å²) in [6.45, 7) is 3.31. The summed E-state index contributed by atoms with van der Waals surface area (Å²) in [5.41, 5.74) is 0.733. The molecule has 11 nitrogen and oxygen atoms in total. The first-order valence-electron chi connectivity index (χ1n) is 10.1. The predicted octanol–water partition coefficient (Wildman–Crippen LogP) is 1.66. The lowest BCUT2D eigenvalue weighted by atomic mass is 10.2. The minimum atomic E-state index is -0.459. The van der Waals surface area contributed by atoms with E-state index < -0.39 is 4.92 Å². The number of amides is 2. The standard InChI is InChI=1S/C20H24N6O5S2/c1-31-13-8-21-17(27)14-32-20-23-22-19(33-20)25-11-9-24(10-12-25)18(28)7-4-15-2-5-16(6-3-15)26(29)30/h2-7H,8-14H2,1H3,(H,21,27)/b7-4+. The number of ether oxygens (including phenoxy) is 1. The molecular formula is C20H24N6O5S2. The first-order chi connectivity index (χ1) is 16.0. The number of non-ortho nitro benzene ring substituents is 1. The van der Waals surface area contributed by atoms with Crippen LogP contribution in [-0.2, 0) is 14.3 Å². The average Bonchev–Trinajstić information content (AvgIpc) is 3.31. The normalized spacial score (nSPS) is 14.0. The van der Waals surface area contributed by atoms with Gasteiger partial charge in [0.05, 0.1) is 17.3 Å². The zero-order chi connectivity index (χ0) is 23.6. The van der Waals surface area contributed by atoms with E-state index in [0.29, 0.717) is 39.3 Å². The summed E-state index contributed by atoms with van der Waals surface area (Å²) in [6, 6.07) is 6.03. The maximum atomic E-state index is 12.5. The molecule has 33 heavy (non-hydrogen) atoms. The van der Waals surface area contributed by atoms with Crippen LogP contribution >= 0.6 is 23.1 Å². The lowest BCUT2D eigenvalue weighted by Crippen LogP contribution is -2.48. The van der Waals surface area contributed by atoms with Gasteiger partial charge < -0.3 is 19.9 Å². The van der Waals surface area contributed by atoms with E-state index >= 15 is 0 Å². The number of thioether (sulfide) groups is 1. The van der Waals surface area contributed by atoms with Gasteiger partial charge in [0, 0.05) is 58.0 Å². The van der Waals surface area contributed by atoms with Crippen molar-refractivity contribution in [1.29, 1.82) is 0 Å². The van der Waals surface area contributed by atoms with Crippen LogP contribution in [0.1, 0.15) is 5.56 Å². The topological polar surface area (TPSA) is 131 Å². The van der Waals surface area contributed by atoms with Crippen LogP contribution in [-0.4, -0.2) is 84.0 Å². The average molecular weight is 493 g/mol. The van der Waals surface area contributed by atoms with Crippen LogP contribution in [0.3, 0.4) is 0 Å². The Kier molecular flexibility index (Phi) is 9.15. The Balaban J connectivity index is 1.43. The first-order valence-corrected chi connectivity index (χ1v) is 11.9. The number of nitro groups is 1. The zero-order valence-corrected chi connectivity index (χ0v) is 19.6. The molecule has 1 aromatic heterocycles. The lowest BCUT2D eigenvalue weighted by molar-refractivity contribution is -0.384. The zero-order valence-electron chi connectivity index (χ0n) is 18.0. The molecule has 1 aliphatic heterocycles. The number of anilines is 1. The van der Waals surface area contributed by atoms with Crippen LogP contribution in [0, 0.1) is 10.1 Å². The summed E-state index contributed by atoms with van der Waals surface area (Å²) in [7, 11) is 1.58. The van der Waals surface area contributed by atoms with Gasteiger partial charge in [-0.2, -0.15) is 0 Å². The Morgan fingerprint density at radius 2 is 1.97 bits per heavy atom. The number of nitrogens with zero attached hydrogens (tertiary/aromatic N) is 5. The van der Waals surface area contributed by atoms with Gasteiger partial charge in [-0.3, -0.25) is 19.7 Å². The number of rotatable bonds is 10. The molecule has 0 radical (unpaired) electrons. The fourth-order valence-corrected chi connectivity index (χ4v) is 4.68. The summed E-state index contributed by atoms with van der Waals surface area (Å²) in [4.78, 5) is 38.3. The van der Waals surface area contributed by atoms with Crippen molar-refractivity contribution in [2.75, 3.05) is 57.1 Å². The van der Waals surface area contributed by atoms with Crippen LogP contribution in [0.15, 0.2) is 34.7 Å². The molecule has 0 aliphatic carbocycles. The molecule has 2 aromatic rings. The quantitative estimate of drug-likeness (QED) is 0.173. The largest absolute Gasteiger partial charge is 0.383 e. The maximum Gasteiger partial charge on any atom is 0.269 e. The second-order valence-electron chi connectivity index (χ2n) is 6.98. The minimum absolute atomic E-state index is 0.0122. The third kappa shape index (κ3) is 7.51. The van der Waals surface area contributed by atoms with Crippen molar-refractivity contribution in [3.63, 3.8) is 0 Å². The van der Waals surface area contributed by atoms with Crippen LogP contribution in [0.2, 0.25) is 0 Å². The number of nitro benzene ring substituents is 1. The minimum Gasteiger partial charge on any atom is -0.383 e. The fourth-order valence-electron chi connectivity index (χ4n) is 2.96. The van der Waals surface area contributed by atoms with E-state index in [1.54, 1.807) is 30.2 Å². The third-order valence-corrected chi connectivity index (χ3v) is 6.85. The Labute approximate surface area is 199 Å². The van der Waals surface area contributed by atoms with Crippen molar-refractivity contribution >= 4 is 51.8 Å². The van der Waals surface area contributed by atoms with Gasteiger partial charge in [-0.25, -0.2) is 0 Å². The molecule has 13 heteroatoms. The van der Waals surface area contributed by atoms with Gasteiger partial charge in [-0.15, -0.1) is 10.2 Å². The molecular weight excluding hydrogens is 468 g/mol. The highest BCUT2D eigenvalue weighted by molar-refractivity contribution is 8.01. The molecule has 1 fully saturated rings. The molecule has 0 saturated carbocycles. The van der Waals surface area contributed by atoms with E-state index in [-0.39, 0.29) is 23.3 Å². The Morgan fingerprint density at radius 1 is 1.24 bits per heavy atom. The highest BCUT2D eigenvalue weighted by Gasteiger charge is 2.22. The van der Waals surface area contributed by atoms with E-state index in [2.05, 4.69) is 20.4 Å². The molecule has 0 unspecified atom stereocenters. The van der Waals surface area contributed by atoms with E-state index in [9.17, 15) is 19.7 Å². The molecule has 2 heterocycles. The summed E-state index contributed by atoms with van der Waals surface area (Å²) < 4.78 is 5.62. The van der Waals surface area contributed by atoms with Crippen molar-refractivity contribution in [1.82, 2.24) is 20.4 Å². The molecule has 2 amide bonds. The molecule has 3 rings (SSSR count). The van der Waals surface area contributed by atoms with Gasteiger partial charge in [0.15, 0.2) is 4.34 Å². The van der Waals surface area contributed by atoms with Crippen LogP contribution in [0.5, 0.6) is 0 Å². The molecule has 1 aromatic carbocycles. The predicted molar refractivity (Wildman–Crippen MR) is 126 cm³/mol. The van der Waals surface area contributed by atoms with Crippen LogP contribution < -0.4 is 10.2 Å². The number of piperazine rings is 1. The van der Waals surface area contributed by atoms with Crippen molar-refractivity contribution in [2.45, 2.75) is 4.34 Å². The van der Waals surface area contributed by atoms with Crippen molar-refractivity contribution in [2.24, 2.45) is 0 Å². The molecule has 0 bridgehead atoms. The molecule has 1 saturated heterocycles. The van der Waals surface area contributed by atoms with Gasteiger partial charge in [0.2, 0.25) is 16.9 Å². The molecule has 0 spiro atoms. The lowest BCUT2D eigenvalue weighted by Gasteiger charge is -2.33. The van der Waals surface area contributed by atoms with Crippen molar-refractivity contribution in [3.8, 4) is 0 Å². The number of hydrogen-bond donors (Lipinski definition) is 1. The number of nitrogens with one attached hydrogen (secondary N) is 1. The molecule has 0 atom stereocenters. The van der Waals surface area contributed by atoms with Crippen LogP contribution in [0.25, 0.3) is 6.08 Å². The van der Waals surface area contributed by atoms with E-state index in [0.717, 1.165) is 15.0 Å². The second-order valence-corrected chi connectivity index (χ2v) is 9.15. The van der Waals surface area contributed by atoms with Crippen molar-refractivity contribution in [3.05, 3.63) is 46.0 Å². The number of carbonyl (C=O) groups is 2. The summed E-state index contributed by atoms with van der Waals surface area (Å²) >= 11 is 2.76. The van der Waals surface area contributed by atoms with Gasteiger partial charge in [0.25, 0.3) is 5.69 Å². The Bertz CT molecular complexity index is 989. The monoisotopic (exact) mass is 492 g/mol. The van der Waals surface area contributed by atoms with Gasteiger partial charge in [0.1, 0.15) is 0 Å². The first kappa shape index (κ1) is 24.6. The van der Waals surface area contributed by atoms with Crippen molar-refractivity contribution < 1.29 is 19.2 Å². The van der Waals surface area contributed by atoms with Gasteiger partial charge in [-0.05, 0) is 23.8 Å². The smallest absolute Gasteiger partial charge is 0.269 e. The number of carbonyl (C=O) groups excluding carboxylic acids is 2. The van der Waals surface area contributed by atoms with Gasteiger partial charge in [-0.1, -0.05) is 23.1 Å². The number of hydrogen-bond acceptors (Lipinski definition) is 10. The summed E-state index contributed by atoms with van der Waals surface area (Å²) in [5, 5.41) is 22.6. The third-order valence-electron chi connectivity index (χ3n) is 4.74. The second kappa shape index (κ2) is 12.3. The highest BCUT2D eigenvalue weighted by Crippen LogP contribution is 2.28. The Morgan fingerprint density at radius 3 is 2.64 bits per heavy atom. The summed E-state index contributed by atoms with van der Waals surface area (Å²) in [5.74, 6) is 0.0746. The number of benzene rings is 1. The van der Waals surface area contributed by atoms with E-state index in [1.807, 2.05) is 0 Å². The SMILES string of the molecule is COCCNC(=O)CSc1nnc(N2CCN(C(=O)/C=C/c3ccc([N+](=O)[O-])cc3)CC2)s1.